The maximum Gasteiger partial charge on any atom is 0.0459 e. The number of hydrogen-bond acceptors (Lipinski definition) is 1. The Morgan fingerprint density at radius 3 is 2.34 bits per heavy atom. The molecule has 0 unspecified atom stereocenters. The van der Waals surface area contributed by atoms with E-state index in [1.165, 1.54) is 72.7 Å². The lowest BCUT2D eigenvalue weighted by Gasteiger charge is -2.45. The van der Waals surface area contributed by atoms with Gasteiger partial charge in [0, 0.05) is 22.1 Å². The zero-order valence-corrected chi connectivity index (χ0v) is 18.4. The minimum absolute atomic E-state index is 0.401. The number of nitrogens with zero attached hydrogens (tertiary/aromatic N) is 1. The number of unbranched alkanes of at least 4 members (excludes halogenated alkanes) is 1. The van der Waals surface area contributed by atoms with E-state index in [-0.39, 0.29) is 0 Å². The average Bonchev–Trinajstić information content (AvgIpc) is 3.11. The third-order valence-electron chi connectivity index (χ3n) is 7.34. The molecule has 0 atom stereocenters. The van der Waals surface area contributed by atoms with E-state index >= 15 is 0 Å². The molecule has 1 aromatic heterocycles. The van der Waals surface area contributed by atoms with Gasteiger partial charge in [-0.2, -0.15) is 0 Å². The number of nitrogens with one attached hydrogen (secondary N) is 1. The molecule has 1 saturated carbocycles. The molecular formula is C27H36N2. The zero-order chi connectivity index (χ0) is 20.3. The van der Waals surface area contributed by atoms with Crippen LogP contribution in [0.3, 0.4) is 0 Å². The Morgan fingerprint density at radius 2 is 1.66 bits per heavy atom. The van der Waals surface area contributed by atoms with Crippen molar-refractivity contribution in [3.8, 4) is 0 Å². The summed E-state index contributed by atoms with van der Waals surface area (Å²) in [4.78, 5) is 6.36. The summed E-state index contributed by atoms with van der Waals surface area (Å²) in [5.74, 6) is 0.649. The lowest BCUT2D eigenvalue weighted by atomic mass is 9.71. The fourth-order valence-electron chi connectivity index (χ4n) is 5.43. The minimum atomic E-state index is 0.401. The molecule has 0 bridgehead atoms. The fourth-order valence-corrected chi connectivity index (χ4v) is 5.43. The van der Waals surface area contributed by atoms with Gasteiger partial charge < -0.3 is 9.88 Å². The smallest absolute Gasteiger partial charge is 0.0459 e. The maximum absolute atomic E-state index is 3.84. The Hall–Kier alpha value is -2.06. The quantitative estimate of drug-likeness (QED) is 0.466. The van der Waals surface area contributed by atoms with E-state index in [2.05, 4.69) is 85.5 Å². The molecule has 0 aliphatic heterocycles. The van der Waals surface area contributed by atoms with Gasteiger partial charge in [-0.15, -0.1) is 0 Å². The molecule has 0 radical (unpaired) electrons. The van der Waals surface area contributed by atoms with E-state index in [9.17, 15) is 0 Å². The Labute approximate surface area is 176 Å². The van der Waals surface area contributed by atoms with E-state index in [1.807, 2.05) is 0 Å². The third kappa shape index (κ3) is 4.14. The molecule has 1 N–H and O–H groups in total. The van der Waals surface area contributed by atoms with Gasteiger partial charge in [0.25, 0.3) is 0 Å². The van der Waals surface area contributed by atoms with E-state index in [1.54, 1.807) is 0 Å². The number of rotatable bonds is 7. The number of H-pyrrole nitrogens is 1. The summed E-state index contributed by atoms with van der Waals surface area (Å²) >= 11 is 0. The van der Waals surface area contributed by atoms with Crippen LogP contribution in [-0.2, 0) is 6.42 Å². The molecule has 0 spiro atoms. The van der Waals surface area contributed by atoms with Gasteiger partial charge in [0.05, 0.1) is 0 Å². The van der Waals surface area contributed by atoms with E-state index < -0.39 is 0 Å². The van der Waals surface area contributed by atoms with Gasteiger partial charge in [-0.05, 0) is 75.7 Å². The third-order valence-corrected chi connectivity index (χ3v) is 7.34. The molecular weight excluding hydrogens is 352 g/mol. The zero-order valence-electron chi connectivity index (χ0n) is 18.4. The number of benzene rings is 2. The number of hydrogen-bond donors (Lipinski definition) is 1. The Balaban J connectivity index is 1.62. The minimum Gasteiger partial charge on any atom is -0.358 e. The predicted octanol–water partition coefficient (Wildman–Crippen LogP) is 6.91. The summed E-state index contributed by atoms with van der Waals surface area (Å²) in [5.41, 5.74) is 6.11. The molecule has 2 nitrogen and oxygen atoms in total. The van der Waals surface area contributed by atoms with Crippen molar-refractivity contribution in [1.82, 2.24) is 9.88 Å². The van der Waals surface area contributed by atoms with Crippen LogP contribution in [0.2, 0.25) is 0 Å². The summed E-state index contributed by atoms with van der Waals surface area (Å²) in [5, 5.41) is 1.40. The number of aromatic amines is 1. The van der Waals surface area contributed by atoms with Crippen LogP contribution in [0.5, 0.6) is 0 Å². The molecule has 0 saturated heterocycles. The van der Waals surface area contributed by atoms with Crippen LogP contribution in [0.4, 0.5) is 0 Å². The van der Waals surface area contributed by atoms with Crippen molar-refractivity contribution >= 4 is 10.9 Å². The topological polar surface area (TPSA) is 19.0 Å². The molecule has 2 heteroatoms. The summed E-state index contributed by atoms with van der Waals surface area (Å²) in [6.07, 6.45) is 10.2. The molecule has 0 amide bonds. The summed E-state index contributed by atoms with van der Waals surface area (Å²) in [6, 6.07) is 19.8. The number of para-hydroxylation sites is 1. The van der Waals surface area contributed by atoms with E-state index in [0.29, 0.717) is 11.5 Å². The van der Waals surface area contributed by atoms with Gasteiger partial charge in [0.2, 0.25) is 0 Å². The predicted molar refractivity (Wildman–Crippen MR) is 125 cm³/mol. The maximum atomic E-state index is 3.84. The van der Waals surface area contributed by atoms with Crippen molar-refractivity contribution in [3.63, 3.8) is 0 Å². The first-order valence-corrected chi connectivity index (χ1v) is 11.4. The molecule has 154 valence electrons. The second-order valence-corrected chi connectivity index (χ2v) is 9.22. The van der Waals surface area contributed by atoms with Crippen LogP contribution >= 0.6 is 0 Å². The van der Waals surface area contributed by atoms with Crippen LogP contribution in [0, 0.1) is 0 Å². The first kappa shape index (κ1) is 20.2. The number of aromatic nitrogens is 1. The highest BCUT2D eigenvalue weighted by Crippen LogP contribution is 2.44. The van der Waals surface area contributed by atoms with Crippen LogP contribution in [-0.4, -0.2) is 29.5 Å². The van der Waals surface area contributed by atoms with Gasteiger partial charge in [-0.25, -0.2) is 0 Å². The normalized spacial score (nSPS) is 22.4. The Bertz CT molecular complexity index is 914. The molecule has 1 fully saturated rings. The van der Waals surface area contributed by atoms with Gasteiger partial charge in [0.15, 0.2) is 0 Å². The molecule has 1 aliphatic rings. The van der Waals surface area contributed by atoms with Crippen LogP contribution in [0.15, 0.2) is 54.6 Å². The molecule has 29 heavy (non-hydrogen) atoms. The molecule has 2 aromatic carbocycles. The van der Waals surface area contributed by atoms with Crippen molar-refractivity contribution in [1.29, 1.82) is 0 Å². The Morgan fingerprint density at radius 1 is 0.966 bits per heavy atom. The van der Waals surface area contributed by atoms with Gasteiger partial charge >= 0.3 is 0 Å². The van der Waals surface area contributed by atoms with Crippen LogP contribution in [0.1, 0.15) is 74.6 Å². The molecule has 4 rings (SSSR count). The van der Waals surface area contributed by atoms with Gasteiger partial charge in [-0.1, -0.05) is 68.3 Å². The second kappa shape index (κ2) is 8.75. The van der Waals surface area contributed by atoms with Gasteiger partial charge in [0.1, 0.15) is 0 Å². The lowest BCUT2D eigenvalue weighted by Crippen LogP contribution is -2.46. The summed E-state index contributed by atoms with van der Waals surface area (Å²) < 4.78 is 0. The van der Waals surface area contributed by atoms with E-state index in [4.69, 9.17) is 0 Å². The average molecular weight is 389 g/mol. The first-order chi connectivity index (χ1) is 14.1. The van der Waals surface area contributed by atoms with Crippen molar-refractivity contribution in [3.05, 3.63) is 71.4 Å². The molecule has 1 aliphatic carbocycles. The first-order valence-electron chi connectivity index (χ1n) is 11.4. The summed E-state index contributed by atoms with van der Waals surface area (Å²) in [6.45, 7) is 2.31. The number of fused-ring (bicyclic) bond motifs is 1. The standard InChI is InChI=1S/C27H36N2/c1-4-5-17-27(29(2)3)18-15-22(16-19-27)26-24(20-21-11-7-6-8-12-21)23-13-9-10-14-25(23)28-26/h6-14,22,28H,4-5,15-20H2,1-3H3. The second-order valence-electron chi connectivity index (χ2n) is 9.22. The lowest BCUT2D eigenvalue weighted by molar-refractivity contribution is 0.0802. The highest BCUT2D eigenvalue weighted by molar-refractivity contribution is 5.85. The molecule has 1 heterocycles. The van der Waals surface area contributed by atoms with Crippen LogP contribution < -0.4 is 0 Å². The largest absolute Gasteiger partial charge is 0.358 e. The molecule has 3 aromatic rings. The van der Waals surface area contributed by atoms with Crippen LogP contribution in [0.25, 0.3) is 10.9 Å². The SMILES string of the molecule is CCCCC1(N(C)C)CCC(c2[nH]c3ccccc3c2Cc2ccccc2)CC1. The van der Waals surface area contributed by atoms with Crippen molar-refractivity contribution in [2.24, 2.45) is 0 Å². The monoisotopic (exact) mass is 388 g/mol. The summed E-state index contributed by atoms with van der Waals surface area (Å²) in [7, 11) is 4.58. The fraction of sp³-hybridized carbons (Fsp3) is 0.481. The Kier molecular flexibility index (Phi) is 6.10. The van der Waals surface area contributed by atoms with Crippen molar-refractivity contribution in [2.75, 3.05) is 14.1 Å². The van der Waals surface area contributed by atoms with E-state index in [0.717, 1.165) is 6.42 Å². The van der Waals surface area contributed by atoms with Gasteiger partial charge in [-0.3, -0.25) is 0 Å². The van der Waals surface area contributed by atoms with Crippen molar-refractivity contribution in [2.45, 2.75) is 69.7 Å². The highest BCUT2D eigenvalue weighted by Gasteiger charge is 2.37. The van der Waals surface area contributed by atoms with Crippen molar-refractivity contribution < 1.29 is 0 Å². The highest BCUT2D eigenvalue weighted by atomic mass is 15.1.